The number of morpholine rings is 1. The van der Waals surface area contributed by atoms with Crippen LogP contribution in [0.3, 0.4) is 0 Å². The van der Waals surface area contributed by atoms with Crippen LogP contribution < -0.4 is 5.32 Å². The highest BCUT2D eigenvalue weighted by Gasteiger charge is 2.33. The molecule has 6 nitrogen and oxygen atoms in total. The lowest BCUT2D eigenvalue weighted by Gasteiger charge is -2.37. The minimum Gasteiger partial charge on any atom is -0.444 e. The SMILES string of the molecule is CC(CC1COCCN1C(=O)OC(C)(C)C)NCC(O)C1CC1. The highest BCUT2D eigenvalue weighted by Crippen LogP contribution is 2.32. The lowest BCUT2D eigenvalue weighted by Crippen LogP contribution is -2.52. The molecule has 1 amide bonds. The molecule has 1 saturated heterocycles. The van der Waals surface area contributed by atoms with Crippen LogP contribution in [0.15, 0.2) is 0 Å². The zero-order valence-corrected chi connectivity index (χ0v) is 14.9. The molecule has 1 heterocycles. The van der Waals surface area contributed by atoms with E-state index in [4.69, 9.17) is 9.47 Å². The second-order valence-electron chi connectivity index (χ2n) is 7.85. The van der Waals surface area contributed by atoms with E-state index in [1.807, 2.05) is 20.8 Å². The summed E-state index contributed by atoms with van der Waals surface area (Å²) >= 11 is 0. The predicted molar refractivity (Wildman–Crippen MR) is 88.4 cm³/mol. The summed E-state index contributed by atoms with van der Waals surface area (Å²) in [5, 5.41) is 13.3. The van der Waals surface area contributed by atoms with Crippen molar-refractivity contribution in [2.24, 2.45) is 5.92 Å². The Morgan fingerprint density at radius 3 is 2.74 bits per heavy atom. The van der Waals surface area contributed by atoms with E-state index in [-0.39, 0.29) is 24.3 Å². The van der Waals surface area contributed by atoms with E-state index in [0.29, 0.717) is 32.2 Å². The van der Waals surface area contributed by atoms with Crippen molar-refractivity contribution in [2.45, 2.75) is 70.7 Å². The Kier molecular flexibility index (Phi) is 6.28. The van der Waals surface area contributed by atoms with Gasteiger partial charge in [0.2, 0.25) is 0 Å². The molecule has 1 aliphatic heterocycles. The second kappa shape index (κ2) is 7.81. The number of ether oxygens (including phenoxy) is 2. The number of carbonyl (C=O) groups excluding carboxylic acids is 1. The lowest BCUT2D eigenvalue weighted by molar-refractivity contribution is -0.0357. The van der Waals surface area contributed by atoms with E-state index < -0.39 is 5.60 Å². The van der Waals surface area contributed by atoms with Gasteiger partial charge in [-0.2, -0.15) is 0 Å². The minimum absolute atomic E-state index is 0.0131. The monoisotopic (exact) mass is 328 g/mol. The maximum atomic E-state index is 12.4. The van der Waals surface area contributed by atoms with Gasteiger partial charge < -0.3 is 24.8 Å². The predicted octanol–water partition coefficient (Wildman–Crippen LogP) is 1.76. The standard InChI is InChI=1S/C17H32N2O4/c1-12(18-10-15(20)13-5-6-13)9-14-11-22-8-7-19(14)16(21)23-17(2,3)4/h12-15,18,20H,5-11H2,1-4H3. The number of hydrogen-bond donors (Lipinski definition) is 2. The number of carbonyl (C=O) groups is 1. The molecule has 0 aromatic heterocycles. The first-order valence-electron chi connectivity index (χ1n) is 8.75. The van der Waals surface area contributed by atoms with E-state index >= 15 is 0 Å². The number of aliphatic hydroxyl groups excluding tert-OH is 1. The van der Waals surface area contributed by atoms with Gasteiger partial charge >= 0.3 is 6.09 Å². The average Bonchev–Trinajstić information content (AvgIpc) is 3.28. The Bertz CT molecular complexity index is 393. The number of aliphatic hydroxyl groups is 1. The van der Waals surface area contributed by atoms with E-state index in [1.165, 1.54) is 0 Å². The first-order chi connectivity index (χ1) is 10.8. The van der Waals surface area contributed by atoms with Gasteiger partial charge in [-0.15, -0.1) is 0 Å². The first-order valence-corrected chi connectivity index (χ1v) is 8.75. The van der Waals surface area contributed by atoms with Gasteiger partial charge in [0.05, 0.1) is 25.4 Å². The number of nitrogens with one attached hydrogen (secondary N) is 1. The van der Waals surface area contributed by atoms with Crippen LogP contribution in [-0.2, 0) is 9.47 Å². The molecule has 134 valence electrons. The van der Waals surface area contributed by atoms with Crippen molar-refractivity contribution >= 4 is 6.09 Å². The van der Waals surface area contributed by atoms with Gasteiger partial charge in [0.15, 0.2) is 0 Å². The summed E-state index contributed by atoms with van der Waals surface area (Å²) in [6, 6.07) is 0.221. The molecule has 0 spiro atoms. The Hall–Kier alpha value is -0.850. The van der Waals surface area contributed by atoms with Crippen LogP contribution >= 0.6 is 0 Å². The van der Waals surface area contributed by atoms with E-state index in [9.17, 15) is 9.90 Å². The highest BCUT2D eigenvalue weighted by molar-refractivity contribution is 5.68. The molecule has 0 bridgehead atoms. The van der Waals surface area contributed by atoms with Crippen LogP contribution in [0.25, 0.3) is 0 Å². The molecule has 1 saturated carbocycles. The molecule has 0 aromatic carbocycles. The van der Waals surface area contributed by atoms with Gasteiger partial charge in [-0.1, -0.05) is 0 Å². The lowest BCUT2D eigenvalue weighted by atomic mass is 10.1. The largest absolute Gasteiger partial charge is 0.444 e. The van der Waals surface area contributed by atoms with Gasteiger partial charge in [-0.3, -0.25) is 0 Å². The highest BCUT2D eigenvalue weighted by atomic mass is 16.6. The fourth-order valence-electron chi connectivity index (χ4n) is 2.87. The molecule has 23 heavy (non-hydrogen) atoms. The van der Waals surface area contributed by atoms with Crippen LogP contribution in [0.1, 0.15) is 47.0 Å². The van der Waals surface area contributed by atoms with Gasteiger partial charge in [-0.05, 0) is 52.9 Å². The Morgan fingerprint density at radius 2 is 2.13 bits per heavy atom. The quantitative estimate of drug-likeness (QED) is 0.777. The summed E-state index contributed by atoms with van der Waals surface area (Å²) in [4.78, 5) is 14.1. The number of hydrogen-bond acceptors (Lipinski definition) is 5. The Labute approximate surface area is 139 Å². The zero-order chi connectivity index (χ0) is 17.0. The van der Waals surface area contributed by atoms with Crippen molar-refractivity contribution in [2.75, 3.05) is 26.3 Å². The molecule has 1 aliphatic carbocycles. The molecular formula is C17H32N2O4. The summed E-state index contributed by atoms with van der Waals surface area (Å²) in [6.07, 6.45) is 2.55. The smallest absolute Gasteiger partial charge is 0.410 e. The molecule has 2 rings (SSSR count). The maximum absolute atomic E-state index is 12.4. The summed E-state index contributed by atoms with van der Waals surface area (Å²) in [7, 11) is 0. The Morgan fingerprint density at radius 1 is 1.43 bits per heavy atom. The van der Waals surface area contributed by atoms with Crippen molar-refractivity contribution in [3.8, 4) is 0 Å². The normalized spacial score (nSPS) is 25.1. The molecule has 6 heteroatoms. The van der Waals surface area contributed by atoms with Crippen molar-refractivity contribution < 1.29 is 19.4 Å². The Balaban J connectivity index is 1.81. The van der Waals surface area contributed by atoms with Gasteiger partial charge in [0, 0.05) is 19.1 Å². The third-order valence-electron chi connectivity index (χ3n) is 4.32. The van der Waals surface area contributed by atoms with E-state index in [2.05, 4.69) is 12.2 Å². The number of rotatable bonds is 6. The molecule has 0 radical (unpaired) electrons. The van der Waals surface area contributed by atoms with Crippen molar-refractivity contribution in [1.29, 1.82) is 0 Å². The molecule has 0 aromatic rings. The summed E-state index contributed by atoms with van der Waals surface area (Å²) < 4.78 is 11.0. The first kappa shape index (κ1) is 18.5. The zero-order valence-electron chi connectivity index (χ0n) is 14.9. The van der Waals surface area contributed by atoms with Gasteiger partial charge in [-0.25, -0.2) is 4.79 Å². The summed E-state index contributed by atoms with van der Waals surface area (Å²) in [6.45, 7) is 10.00. The maximum Gasteiger partial charge on any atom is 0.410 e. The van der Waals surface area contributed by atoms with E-state index in [0.717, 1.165) is 19.3 Å². The third-order valence-corrected chi connectivity index (χ3v) is 4.32. The van der Waals surface area contributed by atoms with Crippen LogP contribution in [0.4, 0.5) is 4.79 Å². The molecule has 2 fully saturated rings. The van der Waals surface area contributed by atoms with E-state index in [1.54, 1.807) is 4.90 Å². The van der Waals surface area contributed by atoms with Crippen molar-refractivity contribution in [1.82, 2.24) is 10.2 Å². The summed E-state index contributed by atoms with van der Waals surface area (Å²) in [5.74, 6) is 0.478. The fourth-order valence-corrected chi connectivity index (χ4v) is 2.87. The number of nitrogens with zero attached hydrogens (tertiary/aromatic N) is 1. The fraction of sp³-hybridized carbons (Fsp3) is 0.941. The van der Waals surface area contributed by atoms with Crippen LogP contribution in [0.5, 0.6) is 0 Å². The molecule has 2 N–H and O–H groups in total. The molecule has 3 atom stereocenters. The topological polar surface area (TPSA) is 71.0 Å². The van der Waals surface area contributed by atoms with Crippen molar-refractivity contribution in [3.63, 3.8) is 0 Å². The van der Waals surface area contributed by atoms with Gasteiger partial charge in [0.1, 0.15) is 5.60 Å². The summed E-state index contributed by atoms with van der Waals surface area (Å²) in [5.41, 5.74) is -0.488. The second-order valence-corrected chi connectivity index (χ2v) is 7.85. The molecule has 3 unspecified atom stereocenters. The van der Waals surface area contributed by atoms with Gasteiger partial charge in [0.25, 0.3) is 0 Å². The van der Waals surface area contributed by atoms with Crippen LogP contribution in [0.2, 0.25) is 0 Å². The third kappa shape index (κ3) is 6.28. The van der Waals surface area contributed by atoms with Crippen LogP contribution in [-0.4, -0.2) is 66.2 Å². The average molecular weight is 328 g/mol. The molecular weight excluding hydrogens is 296 g/mol. The number of amides is 1. The van der Waals surface area contributed by atoms with Crippen LogP contribution in [0, 0.1) is 5.92 Å². The van der Waals surface area contributed by atoms with Crippen molar-refractivity contribution in [3.05, 3.63) is 0 Å². The minimum atomic E-state index is -0.488. The molecule has 2 aliphatic rings.